The minimum absolute atomic E-state index is 0.127. The molecule has 1 aliphatic carbocycles. The van der Waals surface area contributed by atoms with Gasteiger partial charge < -0.3 is 10.1 Å². The van der Waals surface area contributed by atoms with E-state index in [2.05, 4.69) is 30.6 Å². The topological polar surface area (TPSA) is 21.3 Å². The van der Waals surface area contributed by atoms with Crippen molar-refractivity contribution in [3.05, 3.63) is 21.9 Å². The van der Waals surface area contributed by atoms with Crippen LogP contribution in [0, 0.1) is 0 Å². The Morgan fingerprint density at radius 3 is 3.00 bits per heavy atom. The number of thiophene rings is 1. The molecule has 20 heavy (non-hydrogen) atoms. The summed E-state index contributed by atoms with van der Waals surface area (Å²) in [7, 11) is 0. The minimum Gasteiger partial charge on any atom is -0.375 e. The van der Waals surface area contributed by atoms with Gasteiger partial charge in [0, 0.05) is 23.6 Å². The predicted molar refractivity (Wildman–Crippen MR) is 85.4 cm³/mol. The molecule has 3 rings (SSSR count). The molecule has 112 valence electrons. The number of nitrogens with one attached hydrogen (secondary N) is 1. The van der Waals surface area contributed by atoms with Gasteiger partial charge in [-0.3, -0.25) is 0 Å². The van der Waals surface area contributed by atoms with Crippen LogP contribution in [0.5, 0.6) is 0 Å². The molecule has 2 nitrogen and oxygen atoms in total. The lowest BCUT2D eigenvalue weighted by molar-refractivity contribution is -0.0943. The van der Waals surface area contributed by atoms with E-state index in [0.29, 0.717) is 12.1 Å². The van der Waals surface area contributed by atoms with Crippen molar-refractivity contribution < 1.29 is 4.74 Å². The van der Waals surface area contributed by atoms with Crippen molar-refractivity contribution >= 4 is 11.3 Å². The van der Waals surface area contributed by atoms with Gasteiger partial charge in [-0.25, -0.2) is 0 Å². The molecule has 2 atom stereocenters. The van der Waals surface area contributed by atoms with Crippen molar-refractivity contribution in [3.8, 4) is 0 Å². The zero-order valence-corrected chi connectivity index (χ0v) is 13.6. The molecule has 2 unspecified atom stereocenters. The number of ether oxygens (including phenoxy) is 1. The summed E-state index contributed by atoms with van der Waals surface area (Å²) in [6.45, 7) is 5.45. The van der Waals surface area contributed by atoms with Crippen LogP contribution in [0.3, 0.4) is 0 Å². The van der Waals surface area contributed by atoms with E-state index >= 15 is 0 Å². The summed E-state index contributed by atoms with van der Waals surface area (Å²) in [5.41, 5.74) is 1.70. The Kier molecular flexibility index (Phi) is 4.49. The van der Waals surface area contributed by atoms with E-state index in [1.54, 1.807) is 10.4 Å². The third-order valence-corrected chi connectivity index (χ3v) is 6.27. The molecule has 1 aromatic rings. The van der Waals surface area contributed by atoms with Gasteiger partial charge in [0.15, 0.2) is 0 Å². The average Bonchev–Trinajstić information content (AvgIpc) is 2.97. The van der Waals surface area contributed by atoms with Gasteiger partial charge in [-0.15, -0.1) is 11.3 Å². The zero-order valence-electron chi connectivity index (χ0n) is 12.8. The second kappa shape index (κ2) is 6.17. The maximum Gasteiger partial charge on any atom is 0.0692 e. The van der Waals surface area contributed by atoms with Gasteiger partial charge in [0.05, 0.1) is 5.60 Å². The van der Waals surface area contributed by atoms with Crippen molar-refractivity contribution in [2.75, 3.05) is 6.61 Å². The summed E-state index contributed by atoms with van der Waals surface area (Å²) in [5.74, 6) is 0. The monoisotopic (exact) mass is 293 g/mol. The molecule has 0 bridgehead atoms. The van der Waals surface area contributed by atoms with Gasteiger partial charge in [0.1, 0.15) is 0 Å². The van der Waals surface area contributed by atoms with Crippen molar-refractivity contribution in [1.82, 2.24) is 5.32 Å². The van der Waals surface area contributed by atoms with Crippen LogP contribution >= 0.6 is 11.3 Å². The largest absolute Gasteiger partial charge is 0.375 e. The van der Waals surface area contributed by atoms with Crippen LogP contribution < -0.4 is 5.32 Å². The standard InChI is InChI=1S/C17H27NOS/c1-3-17(4-2)12-13(8-10-19-17)18-15-6-5-7-16-14(15)9-11-20-16/h9,11,13,15,18H,3-8,10,12H2,1-2H3. The van der Waals surface area contributed by atoms with Crippen LogP contribution in [0.2, 0.25) is 0 Å². The Morgan fingerprint density at radius 2 is 2.20 bits per heavy atom. The predicted octanol–water partition coefficient (Wildman–Crippen LogP) is 4.45. The van der Waals surface area contributed by atoms with E-state index < -0.39 is 0 Å². The third-order valence-electron chi connectivity index (χ3n) is 5.27. The molecule has 1 aromatic heterocycles. The summed E-state index contributed by atoms with van der Waals surface area (Å²) in [4.78, 5) is 1.61. The van der Waals surface area contributed by atoms with Crippen LogP contribution in [-0.4, -0.2) is 18.2 Å². The number of hydrogen-bond donors (Lipinski definition) is 1. The maximum atomic E-state index is 6.10. The lowest BCUT2D eigenvalue weighted by atomic mass is 9.84. The summed E-state index contributed by atoms with van der Waals surface area (Å²) in [5, 5.41) is 6.21. The molecular formula is C17H27NOS. The second-order valence-electron chi connectivity index (χ2n) is 6.34. The van der Waals surface area contributed by atoms with Gasteiger partial charge in [-0.2, -0.15) is 0 Å². The van der Waals surface area contributed by atoms with E-state index in [0.717, 1.165) is 25.9 Å². The van der Waals surface area contributed by atoms with Crippen molar-refractivity contribution in [2.45, 2.75) is 76.5 Å². The Bertz CT molecular complexity index is 438. The van der Waals surface area contributed by atoms with Gasteiger partial charge in [-0.1, -0.05) is 13.8 Å². The molecule has 1 fully saturated rings. The van der Waals surface area contributed by atoms with Gasteiger partial charge in [0.25, 0.3) is 0 Å². The molecule has 0 aromatic carbocycles. The first-order valence-electron chi connectivity index (χ1n) is 8.22. The van der Waals surface area contributed by atoms with E-state index in [-0.39, 0.29) is 5.60 Å². The summed E-state index contributed by atoms with van der Waals surface area (Å²) in [6, 6.07) is 3.54. The van der Waals surface area contributed by atoms with Crippen molar-refractivity contribution in [3.63, 3.8) is 0 Å². The van der Waals surface area contributed by atoms with Crippen LogP contribution in [-0.2, 0) is 11.2 Å². The highest BCUT2D eigenvalue weighted by molar-refractivity contribution is 7.10. The molecule has 3 heteroatoms. The molecule has 2 aliphatic rings. The molecule has 0 radical (unpaired) electrons. The fourth-order valence-corrected chi connectivity index (χ4v) is 4.84. The van der Waals surface area contributed by atoms with Crippen molar-refractivity contribution in [2.24, 2.45) is 0 Å². The van der Waals surface area contributed by atoms with Gasteiger partial charge in [-0.05, 0) is 62.0 Å². The van der Waals surface area contributed by atoms with Crippen LogP contribution in [0.1, 0.15) is 68.9 Å². The second-order valence-corrected chi connectivity index (χ2v) is 7.34. The zero-order chi connectivity index (χ0) is 14.0. The SMILES string of the molecule is CCC1(CC)CC(NC2CCCc3sccc32)CCO1. The smallest absolute Gasteiger partial charge is 0.0692 e. The van der Waals surface area contributed by atoms with Gasteiger partial charge >= 0.3 is 0 Å². The fourth-order valence-electron chi connectivity index (χ4n) is 3.86. The Hall–Kier alpha value is -0.380. The first kappa shape index (κ1) is 14.6. The van der Waals surface area contributed by atoms with Crippen LogP contribution in [0.15, 0.2) is 11.4 Å². The number of rotatable bonds is 4. The molecule has 1 saturated heterocycles. The third kappa shape index (κ3) is 2.81. The van der Waals surface area contributed by atoms with Crippen LogP contribution in [0.4, 0.5) is 0 Å². The summed E-state index contributed by atoms with van der Waals surface area (Å²) < 4.78 is 6.10. The lowest BCUT2D eigenvalue weighted by Crippen LogP contribution is -2.47. The van der Waals surface area contributed by atoms with E-state index in [4.69, 9.17) is 4.74 Å². The average molecular weight is 293 g/mol. The van der Waals surface area contributed by atoms with E-state index in [1.165, 1.54) is 25.7 Å². The van der Waals surface area contributed by atoms with Crippen molar-refractivity contribution in [1.29, 1.82) is 0 Å². The molecular weight excluding hydrogens is 266 g/mol. The molecule has 0 amide bonds. The summed E-state index contributed by atoms with van der Waals surface area (Å²) >= 11 is 1.94. The lowest BCUT2D eigenvalue weighted by Gasteiger charge is -2.42. The number of fused-ring (bicyclic) bond motifs is 1. The first-order chi connectivity index (χ1) is 9.76. The highest BCUT2D eigenvalue weighted by Crippen LogP contribution is 2.36. The molecule has 1 N–H and O–H groups in total. The normalized spacial score (nSPS) is 29.1. The molecule has 0 spiro atoms. The Balaban J connectivity index is 1.67. The minimum atomic E-state index is 0.127. The van der Waals surface area contributed by atoms with Crippen LogP contribution in [0.25, 0.3) is 0 Å². The number of aryl methyl sites for hydroxylation is 1. The number of hydrogen-bond acceptors (Lipinski definition) is 3. The van der Waals surface area contributed by atoms with Gasteiger partial charge in [0.2, 0.25) is 0 Å². The quantitative estimate of drug-likeness (QED) is 0.885. The first-order valence-corrected chi connectivity index (χ1v) is 9.10. The molecule has 2 heterocycles. The highest BCUT2D eigenvalue weighted by atomic mass is 32.1. The Labute approximate surface area is 126 Å². The Morgan fingerprint density at radius 1 is 1.35 bits per heavy atom. The highest BCUT2D eigenvalue weighted by Gasteiger charge is 2.35. The summed E-state index contributed by atoms with van der Waals surface area (Å²) in [6.07, 6.45) is 8.53. The van der Waals surface area contributed by atoms with E-state index in [1.807, 2.05) is 11.3 Å². The maximum absolute atomic E-state index is 6.10. The van der Waals surface area contributed by atoms with E-state index in [9.17, 15) is 0 Å². The fraction of sp³-hybridized carbons (Fsp3) is 0.765. The molecule has 0 saturated carbocycles. The molecule has 1 aliphatic heterocycles.